The van der Waals surface area contributed by atoms with Gasteiger partial charge >= 0.3 is 0 Å². The van der Waals surface area contributed by atoms with Crippen molar-refractivity contribution in [3.63, 3.8) is 0 Å². The Labute approximate surface area is 161 Å². The lowest BCUT2D eigenvalue weighted by Crippen LogP contribution is -2.15. The average Bonchev–Trinajstić information content (AvgIpc) is 3.04. The van der Waals surface area contributed by atoms with Gasteiger partial charge in [-0.1, -0.05) is 41.6 Å². The molecule has 0 saturated carbocycles. The predicted octanol–water partition coefficient (Wildman–Crippen LogP) is 3.93. The Morgan fingerprint density at radius 3 is 2.74 bits per heavy atom. The van der Waals surface area contributed by atoms with Crippen molar-refractivity contribution in [3.8, 4) is 0 Å². The molecule has 136 valence electrons. The second kappa shape index (κ2) is 7.00. The number of aromatic nitrogens is 4. The van der Waals surface area contributed by atoms with Crippen molar-refractivity contribution < 1.29 is 4.79 Å². The summed E-state index contributed by atoms with van der Waals surface area (Å²) in [7, 11) is 0. The molecular weight excluding hydrogens is 358 g/mol. The first kappa shape index (κ1) is 17.5. The van der Waals surface area contributed by atoms with Gasteiger partial charge in [-0.25, -0.2) is 4.98 Å². The third kappa shape index (κ3) is 3.38. The Balaban J connectivity index is 1.59. The molecule has 1 N–H and O–H groups in total. The molecule has 0 atom stereocenters. The maximum absolute atomic E-state index is 12.4. The van der Waals surface area contributed by atoms with E-state index in [0.29, 0.717) is 10.7 Å². The van der Waals surface area contributed by atoms with Crippen LogP contribution in [0.5, 0.6) is 0 Å². The molecule has 0 saturated heterocycles. The molecule has 2 heterocycles. The van der Waals surface area contributed by atoms with E-state index in [4.69, 9.17) is 0 Å². The minimum absolute atomic E-state index is 0.0729. The van der Waals surface area contributed by atoms with Crippen molar-refractivity contribution in [1.82, 2.24) is 19.6 Å². The van der Waals surface area contributed by atoms with Gasteiger partial charge in [-0.05, 0) is 44.5 Å². The number of fused-ring (bicyclic) bond motifs is 3. The molecule has 0 aliphatic carbocycles. The van der Waals surface area contributed by atoms with E-state index >= 15 is 0 Å². The van der Waals surface area contributed by atoms with E-state index in [9.17, 15) is 4.79 Å². The number of carbonyl (C=O) groups is 1. The second-order valence-electron chi connectivity index (χ2n) is 6.47. The van der Waals surface area contributed by atoms with E-state index in [1.54, 1.807) is 0 Å². The van der Waals surface area contributed by atoms with Gasteiger partial charge in [-0.2, -0.15) is 0 Å². The van der Waals surface area contributed by atoms with Gasteiger partial charge in [0.25, 0.3) is 0 Å². The maximum Gasteiger partial charge on any atom is 0.234 e. The summed E-state index contributed by atoms with van der Waals surface area (Å²) in [6.45, 7) is 5.93. The lowest BCUT2D eigenvalue weighted by Gasteiger charge is -2.10. The minimum Gasteiger partial charge on any atom is -0.325 e. The highest BCUT2D eigenvalue weighted by Crippen LogP contribution is 2.26. The first-order valence-corrected chi connectivity index (χ1v) is 9.62. The number of rotatable bonds is 4. The molecule has 7 heteroatoms. The number of thioether (sulfide) groups is 1. The quantitative estimate of drug-likeness (QED) is 0.546. The summed E-state index contributed by atoms with van der Waals surface area (Å²) in [6.07, 6.45) is 0. The van der Waals surface area contributed by atoms with Crippen molar-refractivity contribution in [2.45, 2.75) is 25.8 Å². The topological polar surface area (TPSA) is 72.2 Å². The second-order valence-corrected chi connectivity index (χ2v) is 7.43. The number of anilines is 1. The number of aryl methyl sites for hydroxylation is 3. The molecule has 4 rings (SSSR count). The lowest BCUT2D eigenvalue weighted by atomic mass is 10.1. The molecule has 0 fully saturated rings. The molecule has 0 unspecified atom stereocenters. The van der Waals surface area contributed by atoms with Crippen LogP contribution in [0.1, 0.15) is 17.0 Å². The van der Waals surface area contributed by atoms with Crippen LogP contribution in [0.4, 0.5) is 5.69 Å². The molecule has 0 aliphatic rings. The number of hydrogen-bond acceptors (Lipinski definition) is 5. The Bertz CT molecular complexity index is 1170. The van der Waals surface area contributed by atoms with Crippen LogP contribution >= 0.6 is 11.8 Å². The summed E-state index contributed by atoms with van der Waals surface area (Å²) in [5.41, 5.74) is 5.54. The van der Waals surface area contributed by atoms with Crippen molar-refractivity contribution in [3.05, 3.63) is 59.4 Å². The highest BCUT2D eigenvalue weighted by atomic mass is 32.2. The van der Waals surface area contributed by atoms with Crippen LogP contribution < -0.4 is 5.32 Å². The van der Waals surface area contributed by atoms with Crippen molar-refractivity contribution in [1.29, 1.82) is 0 Å². The van der Waals surface area contributed by atoms with Gasteiger partial charge in [0.15, 0.2) is 5.65 Å². The Morgan fingerprint density at radius 2 is 1.93 bits per heavy atom. The predicted molar refractivity (Wildman–Crippen MR) is 108 cm³/mol. The highest BCUT2D eigenvalue weighted by Gasteiger charge is 2.15. The number of amides is 1. The fourth-order valence-corrected chi connectivity index (χ4v) is 3.83. The van der Waals surface area contributed by atoms with E-state index < -0.39 is 0 Å². The summed E-state index contributed by atoms with van der Waals surface area (Å²) < 4.78 is 1.98. The zero-order valence-corrected chi connectivity index (χ0v) is 16.2. The first-order chi connectivity index (χ1) is 13.0. The van der Waals surface area contributed by atoms with Crippen LogP contribution in [-0.2, 0) is 4.79 Å². The van der Waals surface area contributed by atoms with Crippen molar-refractivity contribution in [2.75, 3.05) is 11.1 Å². The zero-order valence-electron chi connectivity index (χ0n) is 15.4. The summed E-state index contributed by atoms with van der Waals surface area (Å²) in [4.78, 5) is 17.1. The molecule has 0 radical (unpaired) electrons. The maximum atomic E-state index is 12.4. The van der Waals surface area contributed by atoms with Gasteiger partial charge in [-0.15, -0.1) is 10.2 Å². The van der Waals surface area contributed by atoms with Crippen molar-refractivity contribution >= 4 is 40.0 Å². The molecule has 2 aromatic carbocycles. The number of hydrogen-bond donors (Lipinski definition) is 1. The van der Waals surface area contributed by atoms with Crippen LogP contribution in [-0.4, -0.2) is 31.2 Å². The third-order valence-electron chi connectivity index (χ3n) is 4.36. The van der Waals surface area contributed by atoms with Crippen LogP contribution in [0.25, 0.3) is 16.7 Å². The standard InChI is InChI=1S/C20H19N5OS/c1-12-8-9-15(13(2)10-12)21-18(26)11-27-20-19-24-23-14(3)25(19)17-7-5-4-6-16(17)22-20/h4-10H,11H2,1-3H3,(H,21,26). The Hall–Kier alpha value is -2.93. The van der Waals surface area contributed by atoms with Crippen LogP contribution in [0.15, 0.2) is 47.5 Å². The highest BCUT2D eigenvalue weighted by molar-refractivity contribution is 8.00. The number of benzene rings is 2. The molecule has 27 heavy (non-hydrogen) atoms. The summed E-state index contributed by atoms with van der Waals surface area (Å²) in [5, 5.41) is 12.1. The zero-order chi connectivity index (χ0) is 19.0. The van der Waals surface area contributed by atoms with E-state index in [1.165, 1.54) is 17.3 Å². The van der Waals surface area contributed by atoms with Gasteiger partial charge in [0.05, 0.1) is 16.8 Å². The minimum atomic E-state index is -0.0729. The fraction of sp³-hybridized carbons (Fsp3) is 0.200. The Kier molecular flexibility index (Phi) is 4.53. The van der Waals surface area contributed by atoms with E-state index in [0.717, 1.165) is 28.1 Å². The number of para-hydroxylation sites is 2. The molecule has 2 aromatic heterocycles. The molecule has 0 spiro atoms. The average molecular weight is 377 g/mol. The van der Waals surface area contributed by atoms with E-state index in [2.05, 4.69) is 26.6 Å². The van der Waals surface area contributed by atoms with Crippen LogP contribution in [0.3, 0.4) is 0 Å². The molecule has 0 aliphatic heterocycles. The lowest BCUT2D eigenvalue weighted by molar-refractivity contribution is -0.113. The molecule has 4 aromatic rings. The van der Waals surface area contributed by atoms with E-state index in [1.807, 2.05) is 61.6 Å². The van der Waals surface area contributed by atoms with Gasteiger partial charge in [0.1, 0.15) is 10.9 Å². The van der Waals surface area contributed by atoms with Gasteiger partial charge in [-0.3, -0.25) is 9.20 Å². The number of nitrogens with zero attached hydrogens (tertiary/aromatic N) is 4. The molecular formula is C20H19N5OS. The largest absolute Gasteiger partial charge is 0.325 e. The molecule has 6 nitrogen and oxygen atoms in total. The van der Waals surface area contributed by atoms with E-state index in [-0.39, 0.29) is 11.7 Å². The molecule has 1 amide bonds. The van der Waals surface area contributed by atoms with Gasteiger partial charge < -0.3 is 5.32 Å². The summed E-state index contributed by atoms with van der Waals surface area (Å²) >= 11 is 1.37. The SMILES string of the molecule is Cc1ccc(NC(=O)CSc2nc3ccccc3n3c(C)nnc23)c(C)c1. The normalized spacial score (nSPS) is 11.2. The van der Waals surface area contributed by atoms with Crippen LogP contribution in [0.2, 0.25) is 0 Å². The summed E-state index contributed by atoms with van der Waals surface area (Å²) in [6, 6.07) is 13.8. The number of carbonyl (C=O) groups excluding carboxylic acids is 1. The van der Waals surface area contributed by atoms with Crippen molar-refractivity contribution in [2.24, 2.45) is 0 Å². The Morgan fingerprint density at radius 1 is 1.11 bits per heavy atom. The van der Waals surface area contributed by atoms with Crippen LogP contribution in [0, 0.1) is 20.8 Å². The molecule has 0 bridgehead atoms. The summed E-state index contributed by atoms with van der Waals surface area (Å²) in [5.74, 6) is 0.974. The van der Waals surface area contributed by atoms with Gasteiger partial charge in [0, 0.05) is 5.69 Å². The monoisotopic (exact) mass is 377 g/mol. The fourth-order valence-electron chi connectivity index (χ4n) is 3.07. The van der Waals surface area contributed by atoms with Gasteiger partial charge in [0.2, 0.25) is 5.91 Å². The third-order valence-corrected chi connectivity index (χ3v) is 5.31. The first-order valence-electron chi connectivity index (χ1n) is 8.63. The number of nitrogens with one attached hydrogen (secondary N) is 1. The smallest absolute Gasteiger partial charge is 0.234 e.